The van der Waals surface area contributed by atoms with E-state index in [1.165, 1.54) is 0 Å². The summed E-state index contributed by atoms with van der Waals surface area (Å²) in [7, 11) is 0. The second-order valence-corrected chi connectivity index (χ2v) is 3.57. The smallest absolute Gasteiger partial charge is 0.381 e. The first-order valence-corrected chi connectivity index (χ1v) is 4.88. The van der Waals surface area contributed by atoms with Crippen LogP contribution < -0.4 is 0 Å². The molecule has 0 aromatic rings. The molecule has 0 fully saturated rings. The van der Waals surface area contributed by atoms with Gasteiger partial charge in [-0.1, -0.05) is 6.92 Å². The Balaban J connectivity index is 4.96. The molecule has 115 valence electrons. The topological polar surface area (TPSA) is 9.23 Å². The van der Waals surface area contributed by atoms with Gasteiger partial charge in [0.25, 0.3) is 0 Å². The lowest BCUT2D eigenvalue weighted by Crippen LogP contribution is -2.61. The number of ether oxygens (including phenoxy) is 1. The van der Waals surface area contributed by atoms with Gasteiger partial charge in [-0.2, -0.15) is 39.5 Å². The van der Waals surface area contributed by atoms with Gasteiger partial charge in [0.05, 0.1) is 6.61 Å². The van der Waals surface area contributed by atoms with Gasteiger partial charge in [-0.25, -0.2) is 0 Å². The Hall–Kier alpha value is -0.670. The number of hydrogen-bond acceptors (Lipinski definition) is 1. The largest absolute Gasteiger partial charge is 0.460 e. The van der Waals surface area contributed by atoms with E-state index in [1.807, 2.05) is 0 Å². The minimum absolute atomic E-state index is 0.0979. The molecule has 0 bridgehead atoms. The third-order valence-electron chi connectivity index (χ3n) is 2.06. The van der Waals surface area contributed by atoms with Crippen molar-refractivity contribution in [3.05, 3.63) is 6.92 Å². The molecule has 0 aliphatic heterocycles. The zero-order valence-electron chi connectivity index (χ0n) is 9.35. The first-order chi connectivity index (χ1) is 8.31. The van der Waals surface area contributed by atoms with E-state index < -0.39 is 37.0 Å². The highest BCUT2D eigenvalue weighted by Gasteiger charge is 2.81. The standard InChI is InChI=1S/C9H10F9O/c1-2-4-19-5-3-6(10,11)7(12,13)8(14,15)9(16,17)18/h1-5H2. The summed E-state index contributed by atoms with van der Waals surface area (Å²) in [4.78, 5) is 0. The van der Waals surface area contributed by atoms with Crippen molar-refractivity contribution >= 4 is 0 Å². The number of halogens is 9. The number of rotatable bonds is 7. The summed E-state index contributed by atoms with van der Waals surface area (Å²) in [6.45, 7) is 1.91. The van der Waals surface area contributed by atoms with Gasteiger partial charge in [0.15, 0.2) is 0 Å². The molecule has 0 saturated heterocycles. The number of hydrogen-bond donors (Lipinski definition) is 0. The summed E-state index contributed by atoms with van der Waals surface area (Å²) in [5.74, 6) is -19.0. The van der Waals surface area contributed by atoms with Gasteiger partial charge in [-0.3, -0.25) is 0 Å². The summed E-state index contributed by atoms with van der Waals surface area (Å²) in [5.41, 5.74) is 0. The van der Waals surface area contributed by atoms with Crippen LogP contribution in [0.2, 0.25) is 0 Å². The Labute approximate surface area is 102 Å². The molecule has 19 heavy (non-hydrogen) atoms. The van der Waals surface area contributed by atoms with Crippen LogP contribution in [0.15, 0.2) is 0 Å². The molecule has 0 aliphatic carbocycles. The van der Waals surface area contributed by atoms with Crippen LogP contribution >= 0.6 is 0 Å². The normalized spacial score (nSPS) is 14.8. The van der Waals surface area contributed by atoms with Crippen molar-refractivity contribution in [1.29, 1.82) is 0 Å². The molecule has 0 rings (SSSR count). The van der Waals surface area contributed by atoms with Crippen molar-refractivity contribution in [3.8, 4) is 0 Å². The van der Waals surface area contributed by atoms with E-state index in [0.717, 1.165) is 0 Å². The summed E-state index contributed by atoms with van der Waals surface area (Å²) in [6.07, 6.45) is -8.65. The molecule has 0 aromatic carbocycles. The lowest BCUT2D eigenvalue weighted by atomic mass is 10.0. The predicted octanol–water partition coefficient (Wildman–Crippen LogP) is 4.09. The van der Waals surface area contributed by atoms with Crippen LogP contribution in [0, 0.1) is 6.92 Å². The highest BCUT2D eigenvalue weighted by Crippen LogP contribution is 2.53. The van der Waals surface area contributed by atoms with Crippen LogP contribution in [-0.2, 0) is 4.74 Å². The van der Waals surface area contributed by atoms with Crippen molar-refractivity contribution < 1.29 is 44.3 Å². The Morgan fingerprint density at radius 2 is 1.21 bits per heavy atom. The van der Waals surface area contributed by atoms with E-state index in [2.05, 4.69) is 11.7 Å². The first kappa shape index (κ1) is 18.3. The zero-order valence-corrected chi connectivity index (χ0v) is 9.35. The Morgan fingerprint density at radius 1 is 0.737 bits per heavy atom. The molecule has 0 saturated carbocycles. The average Bonchev–Trinajstić information content (AvgIpc) is 2.22. The Kier molecular flexibility index (Phi) is 5.56. The quantitative estimate of drug-likeness (QED) is 0.508. The second kappa shape index (κ2) is 5.76. The highest BCUT2D eigenvalue weighted by molar-refractivity contribution is 5.00. The van der Waals surface area contributed by atoms with E-state index in [9.17, 15) is 39.5 Å². The average molecular weight is 305 g/mol. The maximum atomic E-state index is 12.8. The highest BCUT2D eigenvalue weighted by atomic mass is 19.4. The van der Waals surface area contributed by atoms with Gasteiger partial charge in [0.2, 0.25) is 0 Å². The monoisotopic (exact) mass is 305 g/mol. The molecular formula is C9H10F9O. The van der Waals surface area contributed by atoms with Crippen LogP contribution in [0.25, 0.3) is 0 Å². The van der Waals surface area contributed by atoms with Crippen molar-refractivity contribution in [2.75, 3.05) is 13.2 Å². The predicted molar refractivity (Wildman–Crippen MR) is 46.3 cm³/mol. The van der Waals surface area contributed by atoms with E-state index >= 15 is 0 Å². The zero-order chi connectivity index (χ0) is 15.5. The van der Waals surface area contributed by atoms with Gasteiger partial charge < -0.3 is 4.74 Å². The van der Waals surface area contributed by atoms with Crippen LogP contribution in [-0.4, -0.2) is 37.2 Å². The molecule has 0 atom stereocenters. The SMILES string of the molecule is [CH2]CCOCCC(F)(F)C(F)(F)C(F)(F)C(F)(F)F. The lowest BCUT2D eigenvalue weighted by Gasteiger charge is -2.33. The maximum Gasteiger partial charge on any atom is 0.460 e. The molecule has 1 nitrogen and oxygen atoms in total. The third kappa shape index (κ3) is 3.67. The van der Waals surface area contributed by atoms with Crippen LogP contribution in [0.1, 0.15) is 12.8 Å². The number of alkyl halides is 9. The van der Waals surface area contributed by atoms with E-state index in [4.69, 9.17) is 0 Å². The summed E-state index contributed by atoms with van der Waals surface area (Å²) < 4.78 is 115. The van der Waals surface area contributed by atoms with Crippen molar-refractivity contribution in [3.63, 3.8) is 0 Å². The van der Waals surface area contributed by atoms with Crippen LogP contribution in [0.4, 0.5) is 39.5 Å². The molecule has 0 heterocycles. The van der Waals surface area contributed by atoms with Gasteiger partial charge in [-0.05, 0) is 6.42 Å². The fourth-order valence-corrected chi connectivity index (χ4v) is 0.969. The van der Waals surface area contributed by atoms with Gasteiger partial charge in [-0.15, -0.1) is 0 Å². The first-order valence-electron chi connectivity index (χ1n) is 4.88. The second-order valence-electron chi connectivity index (χ2n) is 3.57. The van der Waals surface area contributed by atoms with Crippen LogP contribution in [0.3, 0.4) is 0 Å². The lowest BCUT2D eigenvalue weighted by molar-refractivity contribution is -0.397. The van der Waals surface area contributed by atoms with E-state index in [0.29, 0.717) is 0 Å². The summed E-state index contributed by atoms with van der Waals surface area (Å²) in [5, 5.41) is 0. The molecule has 1 radical (unpaired) electrons. The fourth-order valence-electron chi connectivity index (χ4n) is 0.969. The summed E-state index contributed by atoms with van der Waals surface area (Å²) >= 11 is 0. The van der Waals surface area contributed by atoms with E-state index in [1.54, 1.807) is 0 Å². The van der Waals surface area contributed by atoms with Gasteiger partial charge in [0.1, 0.15) is 0 Å². The maximum absolute atomic E-state index is 12.8. The Bertz CT molecular complexity index is 284. The molecule has 0 aromatic heterocycles. The molecule has 0 unspecified atom stereocenters. The van der Waals surface area contributed by atoms with Crippen LogP contribution in [0.5, 0.6) is 0 Å². The molecule has 10 heteroatoms. The minimum Gasteiger partial charge on any atom is -0.381 e. The van der Waals surface area contributed by atoms with Gasteiger partial charge in [0, 0.05) is 13.0 Å². The molecule has 0 aliphatic rings. The third-order valence-corrected chi connectivity index (χ3v) is 2.06. The molecule has 0 amide bonds. The molecule has 0 spiro atoms. The van der Waals surface area contributed by atoms with E-state index in [-0.39, 0.29) is 13.0 Å². The minimum atomic E-state index is -6.84. The molecular weight excluding hydrogens is 295 g/mol. The summed E-state index contributed by atoms with van der Waals surface area (Å²) in [6, 6.07) is 0. The van der Waals surface area contributed by atoms with Gasteiger partial charge >= 0.3 is 23.9 Å². The molecule has 0 N–H and O–H groups in total. The van der Waals surface area contributed by atoms with Crippen molar-refractivity contribution in [1.82, 2.24) is 0 Å². The Morgan fingerprint density at radius 3 is 1.58 bits per heavy atom. The van der Waals surface area contributed by atoms with Crippen molar-refractivity contribution in [2.45, 2.75) is 36.8 Å². The van der Waals surface area contributed by atoms with Crippen molar-refractivity contribution in [2.24, 2.45) is 0 Å². The fraction of sp³-hybridized carbons (Fsp3) is 0.889.